The maximum atomic E-state index is 10.7. The van der Waals surface area contributed by atoms with Gasteiger partial charge in [-0.2, -0.15) is 0 Å². The second kappa shape index (κ2) is 4.91. The van der Waals surface area contributed by atoms with Gasteiger partial charge in [-0.3, -0.25) is 4.79 Å². The summed E-state index contributed by atoms with van der Waals surface area (Å²) in [7, 11) is 0. The molecule has 1 nitrogen and oxygen atoms in total. The quantitative estimate of drug-likeness (QED) is 0.714. The van der Waals surface area contributed by atoms with Crippen LogP contribution in [-0.4, -0.2) is 6.29 Å². The predicted molar refractivity (Wildman–Crippen MR) is 72.0 cm³/mol. The van der Waals surface area contributed by atoms with Crippen LogP contribution in [0.5, 0.6) is 0 Å². The number of aryl methyl sites for hydroxylation is 1. The molecule has 0 aliphatic heterocycles. The highest BCUT2D eigenvalue weighted by Gasteiger charge is 2.07. The van der Waals surface area contributed by atoms with E-state index in [1.807, 2.05) is 25.1 Å². The molecular weight excluding hydrogens is 255 g/mol. The third-order valence-electron chi connectivity index (χ3n) is 2.61. The van der Waals surface area contributed by atoms with Crippen molar-refractivity contribution in [2.45, 2.75) is 6.92 Å². The largest absolute Gasteiger partial charge is 0.298 e. The molecule has 86 valence electrons. The van der Waals surface area contributed by atoms with Crippen LogP contribution >= 0.6 is 23.2 Å². The van der Waals surface area contributed by atoms with E-state index in [1.165, 1.54) is 0 Å². The molecule has 2 rings (SSSR count). The summed E-state index contributed by atoms with van der Waals surface area (Å²) in [5.74, 6) is 0. The maximum absolute atomic E-state index is 10.7. The summed E-state index contributed by atoms with van der Waals surface area (Å²) in [5.41, 5.74) is 3.53. The van der Waals surface area contributed by atoms with Gasteiger partial charge in [0, 0.05) is 21.2 Å². The summed E-state index contributed by atoms with van der Waals surface area (Å²) in [4.78, 5) is 10.7. The molecule has 0 heterocycles. The van der Waals surface area contributed by atoms with Crippen LogP contribution in [0.1, 0.15) is 15.9 Å². The normalized spacial score (nSPS) is 10.3. The van der Waals surface area contributed by atoms with E-state index in [0.29, 0.717) is 15.6 Å². The smallest absolute Gasteiger partial charge is 0.150 e. The van der Waals surface area contributed by atoms with E-state index in [-0.39, 0.29) is 0 Å². The van der Waals surface area contributed by atoms with Crippen molar-refractivity contribution in [2.75, 3.05) is 0 Å². The first-order chi connectivity index (χ1) is 8.11. The first kappa shape index (κ1) is 12.2. The average molecular weight is 265 g/mol. The van der Waals surface area contributed by atoms with Gasteiger partial charge in [0.2, 0.25) is 0 Å². The Kier molecular flexibility index (Phi) is 3.51. The van der Waals surface area contributed by atoms with Crippen LogP contribution in [0.25, 0.3) is 11.1 Å². The van der Waals surface area contributed by atoms with Gasteiger partial charge in [-0.15, -0.1) is 0 Å². The molecule has 0 aliphatic rings. The molecule has 0 aromatic heterocycles. The van der Waals surface area contributed by atoms with Crippen molar-refractivity contribution >= 4 is 29.5 Å². The Morgan fingerprint density at radius 1 is 1.00 bits per heavy atom. The van der Waals surface area contributed by atoms with Crippen LogP contribution in [-0.2, 0) is 0 Å². The molecule has 0 bridgehead atoms. The third-order valence-corrected chi connectivity index (χ3v) is 3.17. The number of benzene rings is 2. The van der Waals surface area contributed by atoms with E-state index >= 15 is 0 Å². The van der Waals surface area contributed by atoms with E-state index in [9.17, 15) is 4.79 Å². The van der Waals surface area contributed by atoms with Crippen molar-refractivity contribution in [2.24, 2.45) is 0 Å². The van der Waals surface area contributed by atoms with Crippen molar-refractivity contribution in [3.05, 3.63) is 57.6 Å². The number of hydrogen-bond donors (Lipinski definition) is 0. The van der Waals surface area contributed by atoms with E-state index in [2.05, 4.69) is 0 Å². The Morgan fingerprint density at radius 2 is 1.76 bits per heavy atom. The number of halogens is 2. The van der Waals surface area contributed by atoms with Gasteiger partial charge >= 0.3 is 0 Å². The molecule has 0 fully saturated rings. The molecule has 0 spiro atoms. The summed E-state index contributed by atoms with van der Waals surface area (Å²) < 4.78 is 0. The molecule has 2 aromatic carbocycles. The zero-order valence-electron chi connectivity index (χ0n) is 9.21. The maximum Gasteiger partial charge on any atom is 0.150 e. The molecule has 17 heavy (non-hydrogen) atoms. The van der Waals surface area contributed by atoms with Crippen LogP contribution < -0.4 is 0 Å². The third kappa shape index (κ3) is 2.51. The minimum atomic E-state index is 0.642. The molecule has 0 saturated heterocycles. The predicted octanol–water partition coefficient (Wildman–Crippen LogP) is 4.78. The van der Waals surface area contributed by atoms with Crippen LogP contribution in [0.4, 0.5) is 0 Å². The van der Waals surface area contributed by atoms with Crippen molar-refractivity contribution < 1.29 is 4.79 Å². The van der Waals surface area contributed by atoms with E-state index in [0.717, 1.165) is 23.0 Å². The van der Waals surface area contributed by atoms with Gasteiger partial charge in [0.15, 0.2) is 0 Å². The molecule has 0 amide bonds. The molecule has 0 N–H and O–H groups in total. The van der Waals surface area contributed by atoms with Crippen molar-refractivity contribution in [1.29, 1.82) is 0 Å². The van der Waals surface area contributed by atoms with Crippen molar-refractivity contribution in [1.82, 2.24) is 0 Å². The monoisotopic (exact) mass is 264 g/mol. The fraction of sp³-hybridized carbons (Fsp3) is 0.0714. The molecule has 0 radical (unpaired) electrons. The van der Waals surface area contributed by atoms with Gasteiger partial charge in [-0.25, -0.2) is 0 Å². The molecule has 0 saturated carbocycles. The van der Waals surface area contributed by atoms with Crippen LogP contribution in [0.3, 0.4) is 0 Å². The first-order valence-corrected chi connectivity index (χ1v) is 5.88. The molecule has 3 heteroatoms. The van der Waals surface area contributed by atoms with Crippen molar-refractivity contribution in [3.63, 3.8) is 0 Å². The SMILES string of the molecule is Cc1cc(C=O)ccc1-c1cc(Cl)ccc1Cl. The minimum absolute atomic E-state index is 0.642. The summed E-state index contributed by atoms with van der Waals surface area (Å²) in [5, 5.41) is 1.29. The molecular formula is C14H10Cl2O. The summed E-state index contributed by atoms with van der Waals surface area (Å²) in [6.45, 7) is 1.94. The lowest BCUT2D eigenvalue weighted by Crippen LogP contribution is -1.88. The van der Waals surface area contributed by atoms with E-state index in [1.54, 1.807) is 18.2 Å². The lowest BCUT2D eigenvalue weighted by molar-refractivity contribution is 0.112. The number of carbonyl (C=O) groups is 1. The van der Waals surface area contributed by atoms with Gasteiger partial charge in [-0.1, -0.05) is 35.3 Å². The highest BCUT2D eigenvalue weighted by atomic mass is 35.5. The van der Waals surface area contributed by atoms with Gasteiger partial charge in [0.05, 0.1) is 0 Å². The van der Waals surface area contributed by atoms with Gasteiger partial charge in [0.25, 0.3) is 0 Å². The van der Waals surface area contributed by atoms with Crippen LogP contribution in [0.15, 0.2) is 36.4 Å². The second-order valence-electron chi connectivity index (χ2n) is 3.82. The Labute approximate surface area is 110 Å². The number of aldehydes is 1. The standard InChI is InChI=1S/C14H10Cl2O/c1-9-6-10(8-17)2-4-12(9)13-7-11(15)3-5-14(13)16/h2-8H,1H3. The highest BCUT2D eigenvalue weighted by Crippen LogP contribution is 2.32. The number of rotatable bonds is 2. The van der Waals surface area contributed by atoms with Gasteiger partial charge in [-0.05, 0) is 42.3 Å². The average Bonchev–Trinajstić information content (AvgIpc) is 2.32. The van der Waals surface area contributed by atoms with Gasteiger partial charge < -0.3 is 0 Å². The highest BCUT2D eigenvalue weighted by molar-refractivity contribution is 6.35. The Bertz CT molecular complexity index is 576. The first-order valence-electron chi connectivity index (χ1n) is 5.13. The second-order valence-corrected chi connectivity index (χ2v) is 4.66. The van der Waals surface area contributed by atoms with Crippen LogP contribution in [0, 0.1) is 6.92 Å². The summed E-state index contributed by atoms with van der Waals surface area (Å²) >= 11 is 12.1. The van der Waals surface area contributed by atoms with Gasteiger partial charge in [0.1, 0.15) is 6.29 Å². The molecule has 0 aliphatic carbocycles. The number of carbonyl (C=O) groups excluding carboxylic acids is 1. The van der Waals surface area contributed by atoms with Crippen molar-refractivity contribution in [3.8, 4) is 11.1 Å². The zero-order chi connectivity index (χ0) is 12.4. The lowest BCUT2D eigenvalue weighted by Gasteiger charge is -2.09. The Balaban J connectivity index is 2.60. The minimum Gasteiger partial charge on any atom is -0.298 e. The lowest BCUT2D eigenvalue weighted by atomic mass is 9.99. The number of hydrogen-bond acceptors (Lipinski definition) is 1. The Hall–Kier alpha value is -1.31. The van der Waals surface area contributed by atoms with E-state index in [4.69, 9.17) is 23.2 Å². The topological polar surface area (TPSA) is 17.1 Å². The summed E-state index contributed by atoms with van der Waals surface area (Å²) in [6.07, 6.45) is 0.830. The molecule has 0 unspecified atom stereocenters. The fourth-order valence-electron chi connectivity index (χ4n) is 1.77. The Morgan fingerprint density at radius 3 is 2.41 bits per heavy atom. The van der Waals surface area contributed by atoms with E-state index < -0.39 is 0 Å². The zero-order valence-corrected chi connectivity index (χ0v) is 10.7. The van der Waals surface area contributed by atoms with Crippen LogP contribution in [0.2, 0.25) is 10.0 Å². The molecule has 2 aromatic rings. The fourth-order valence-corrected chi connectivity index (χ4v) is 2.16. The summed E-state index contributed by atoms with van der Waals surface area (Å²) in [6, 6.07) is 10.8. The molecule has 0 atom stereocenters.